The second-order valence-electron chi connectivity index (χ2n) is 7.29. The number of nitrogens with one attached hydrogen (secondary N) is 2. The Morgan fingerprint density at radius 3 is 2.31 bits per heavy atom. The second-order valence-corrected chi connectivity index (χ2v) is 8.28. The lowest BCUT2D eigenvalue weighted by atomic mass is 9.98. The Bertz CT molecular complexity index is 962. The van der Waals surface area contributed by atoms with Crippen LogP contribution in [0.1, 0.15) is 23.5 Å². The molecule has 3 rings (SSSR count). The number of hydrogen-bond acceptors (Lipinski definition) is 5. The summed E-state index contributed by atoms with van der Waals surface area (Å²) >= 11 is 1.56. The van der Waals surface area contributed by atoms with Gasteiger partial charge in [0, 0.05) is 18.5 Å². The van der Waals surface area contributed by atoms with Crippen molar-refractivity contribution in [2.75, 3.05) is 25.2 Å². The molecule has 1 aliphatic carbocycles. The van der Waals surface area contributed by atoms with Crippen molar-refractivity contribution < 1.29 is 24.2 Å². The van der Waals surface area contributed by atoms with E-state index in [2.05, 4.69) is 22.8 Å². The SMILES string of the molecule is CSCC[C@@H](NC(=O)OCC1c2ccccc2-c2ccccc21)C(=O)NC/C=C/C(=O)O. The predicted molar refractivity (Wildman–Crippen MR) is 125 cm³/mol. The van der Waals surface area contributed by atoms with Crippen LogP contribution in [0.5, 0.6) is 0 Å². The standard InChI is InChI=1S/C24H26N2O5S/c1-32-14-12-21(23(29)25-13-6-11-22(27)28)26-24(30)31-15-20-18-9-4-2-7-16(18)17-8-3-5-10-19(17)20/h2-11,20-21H,12-15H2,1H3,(H,25,29)(H,26,30)(H,27,28)/b11-6+/t21-/m1/s1. The van der Waals surface area contributed by atoms with E-state index in [1.807, 2.05) is 42.7 Å². The van der Waals surface area contributed by atoms with Crippen molar-refractivity contribution in [1.29, 1.82) is 0 Å². The summed E-state index contributed by atoms with van der Waals surface area (Å²) in [6.45, 7) is 0.228. The number of alkyl carbamates (subject to hydrolysis) is 1. The molecule has 0 fully saturated rings. The first-order valence-electron chi connectivity index (χ1n) is 10.3. The van der Waals surface area contributed by atoms with Crippen LogP contribution in [0.2, 0.25) is 0 Å². The lowest BCUT2D eigenvalue weighted by molar-refractivity contribution is -0.131. The third kappa shape index (κ3) is 5.91. The first-order chi connectivity index (χ1) is 15.5. The molecule has 2 aromatic carbocycles. The average molecular weight is 455 g/mol. The molecule has 2 aromatic rings. The van der Waals surface area contributed by atoms with Crippen molar-refractivity contribution in [3.63, 3.8) is 0 Å². The number of amides is 2. The highest BCUT2D eigenvalue weighted by Crippen LogP contribution is 2.44. The van der Waals surface area contributed by atoms with Gasteiger partial charge >= 0.3 is 12.1 Å². The molecule has 0 spiro atoms. The highest BCUT2D eigenvalue weighted by molar-refractivity contribution is 7.98. The molecule has 3 N–H and O–H groups in total. The van der Waals surface area contributed by atoms with E-state index >= 15 is 0 Å². The van der Waals surface area contributed by atoms with Gasteiger partial charge in [0.1, 0.15) is 12.6 Å². The summed E-state index contributed by atoms with van der Waals surface area (Å²) in [7, 11) is 0. The van der Waals surface area contributed by atoms with Crippen molar-refractivity contribution in [1.82, 2.24) is 10.6 Å². The average Bonchev–Trinajstić information content (AvgIpc) is 3.11. The van der Waals surface area contributed by atoms with Crippen LogP contribution in [0.25, 0.3) is 11.1 Å². The summed E-state index contributed by atoms with van der Waals surface area (Å²) in [5, 5.41) is 13.9. The third-order valence-electron chi connectivity index (χ3n) is 5.22. The van der Waals surface area contributed by atoms with E-state index < -0.39 is 18.1 Å². The van der Waals surface area contributed by atoms with Crippen molar-refractivity contribution in [3.05, 3.63) is 71.8 Å². The minimum absolute atomic E-state index is 0.0622. The molecule has 0 heterocycles. The predicted octanol–water partition coefficient (Wildman–Crippen LogP) is 3.40. The van der Waals surface area contributed by atoms with Gasteiger partial charge in [0.05, 0.1) is 0 Å². The largest absolute Gasteiger partial charge is 0.478 e. The highest BCUT2D eigenvalue weighted by atomic mass is 32.2. The summed E-state index contributed by atoms with van der Waals surface area (Å²) in [6, 6.07) is 15.4. The van der Waals surface area contributed by atoms with Crippen LogP contribution in [0.15, 0.2) is 60.7 Å². The minimum atomic E-state index is -1.09. The van der Waals surface area contributed by atoms with E-state index in [9.17, 15) is 14.4 Å². The molecule has 8 heteroatoms. The fourth-order valence-corrected chi connectivity index (χ4v) is 4.20. The number of fused-ring (bicyclic) bond motifs is 3. The number of benzene rings is 2. The topological polar surface area (TPSA) is 105 Å². The Morgan fingerprint density at radius 2 is 1.72 bits per heavy atom. The molecular formula is C24H26N2O5S. The fraction of sp³-hybridized carbons (Fsp3) is 0.292. The molecule has 32 heavy (non-hydrogen) atoms. The maximum Gasteiger partial charge on any atom is 0.407 e. The number of ether oxygens (including phenoxy) is 1. The van der Waals surface area contributed by atoms with Crippen LogP contribution in [0.4, 0.5) is 4.79 Å². The zero-order valence-corrected chi connectivity index (χ0v) is 18.6. The van der Waals surface area contributed by atoms with Gasteiger partial charge in [0.15, 0.2) is 0 Å². The summed E-state index contributed by atoms with van der Waals surface area (Å²) in [5.74, 6) is -0.863. The Balaban J connectivity index is 1.60. The molecule has 0 aliphatic heterocycles. The molecule has 0 saturated heterocycles. The summed E-state index contributed by atoms with van der Waals surface area (Å²) in [4.78, 5) is 35.5. The second kappa shape index (κ2) is 11.4. The number of rotatable bonds is 10. The molecular weight excluding hydrogens is 428 g/mol. The Kier molecular flexibility index (Phi) is 8.33. The number of hydrogen-bond donors (Lipinski definition) is 3. The smallest absolute Gasteiger partial charge is 0.407 e. The lowest BCUT2D eigenvalue weighted by Gasteiger charge is -2.19. The molecule has 1 aliphatic rings. The molecule has 0 bridgehead atoms. The van der Waals surface area contributed by atoms with E-state index in [1.54, 1.807) is 11.8 Å². The molecule has 2 amide bonds. The molecule has 0 unspecified atom stereocenters. The molecule has 0 saturated carbocycles. The molecule has 0 aromatic heterocycles. The van der Waals surface area contributed by atoms with Crippen LogP contribution in [-0.4, -0.2) is 54.3 Å². The van der Waals surface area contributed by atoms with Gasteiger partial charge in [-0.15, -0.1) is 0 Å². The van der Waals surface area contributed by atoms with Crippen LogP contribution in [0, 0.1) is 0 Å². The van der Waals surface area contributed by atoms with Gasteiger partial charge in [-0.25, -0.2) is 9.59 Å². The van der Waals surface area contributed by atoms with E-state index in [-0.39, 0.29) is 25.0 Å². The van der Waals surface area contributed by atoms with Crippen LogP contribution >= 0.6 is 11.8 Å². The maximum absolute atomic E-state index is 12.5. The monoisotopic (exact) mass is 454 g/mol. The third-order valence-corrected chi connectivity index (χ3v) is 5.86. The number of carbonyl (C=O) groups excluding carboxylic acids is 2. The minimum Gasteiger partial charge on any atom is -0.478 e. The number of aliphatic carboxylic acids is 1. The quantitative estimate of drug-likeness (QED) is 0.475. The van der Waals surface area contributed by atoms with Gasteiger partial charge in [-0.2, -0.15) is 11.8 Å². The Labute approximate surface area is 191 Å². The zero-order valence-electron chi connectivity index (χ0n) is 17.7. The van der Waals surface area contributed by atoms with E-state index in [4.69, 9.17) is 9.84 Å². The van der Waals surface area contributed by atoms with Gasteiger partial charge in [0.25, 0.3) is 0 Å². The number of thioether (sulfide) groups is 1. The molecule has 168 valence electrons. The molecule has 0 radical (unpaired) electrons. The van der Waals surface area contributed by atoms with Crippen molar-refractivity contribution >= 4 is 29.7 Å². The van der Waals surface area contributed by atoms with E-state index in [1.165, 1.54) is 6.08 Å². The van der Waals surface area contributed by atoms with Crippen molar-refractivity contribution in [3.8, 4) is 11.1 Å². The number of carbonyl (C=O) groups is 3. The first kappa shape index (κ1) is 23.4. The Morgan fingerprint density at radius 1 is 1.09 bits per heavy atom. The van der Waals surface area contributed by atoms with Gasteiger partial charge < -0.3 is 20.5 Å². The summed E-state index contributed by atoms with van der Waals surface area (Å²) in [6.07, 6.45) is 3.97. The van der Waals surface area contributed by atoms with Gasteiger partial charge in [-0.3, -0.25) is 4.79 Å². The number of carboxylic acids is 1. The first-order valence-corrected chi connectivity index (χ1v) is 11.7. The summed E-state index contributed by atoms with van der Waals surface area (Å²) < 4.78 is 5.53. The van der Waals surface area contributed by atoms with E-state index in [0.717, 1.165) is 28.3 Å². The van der Waals surface area contributed by atoms with Crippen LogP contribution < -0.4 is 10.6 Å². The number of carboxylic acid groups (broad SMARTS) is 1. The Hall–Kier alpha value is -3.26. The zero-order chi connectivity index (χ0) is 22.9. The van der Waals surface area contributed by atoms with E-state index in [0.29, 0.717) is 12.2 Å². The van der Waals surface area contributed by atoms with Crippen LogP contribution in [-0.2, 0) is 14.3 Å². The van der Waals surface area contributed by atoms with Crippen molar-refractivity contribution in [2.24, 2.45) is 0 Å². The molecule has 1 atom stereocenters. The maximum atomic E-state index is 12.5. The van der Waals surface area contributed by atoms with Gasteiger partial charge in [0.2, 0.25) is 5.91 Å². The van der Waals surface area contributed by atoms with Crippen molar-refractivity contribution in [2.45, 2.75) is 18.4 Å². The highest BCUT2D eigenvalue weighted by Gasteiger charge is 2.29. The lowest BCUT2D eigenvalue weighted by Crippen LogP contribution is -2.47. The normalized spacial score (nSPS) is 13.3. The van der Waals surface area contributed by atoms with Gasteiger partial charge in [-0.05, 0) is 40.7 Å². The van der Waals surface area contributed by atoms with Gasteiger partial charge in [-0.1, -0.05) is 54.6 Å². The van der Waals surface area contributed by atoms with Crippen LogP contribution in [0.3, 0.4) is 0 Å². The summed E-state index contributed by atoms with van der Waals surface area (Å²) in [5.41, 5.74) is 4.51. The molecule has 7 nitrogen and oxygen atoms in total. The fourth-order valence-electron chi connectivity index (χ4n) is 3.73.